The Bertz CT molecular complexity index is 1140. The van der Waals surface area contributed by atoms with Gasteiger partial charge >= 0.3 is 0 Å². The van der Waals surface area contributed by atoms with Crippen molar-refractivity contribution >= 4 is 22.8 Å². The highest BCUT2D eigenvalue weighted by Gasteiger charge is 2.33. The SMILES string of the molecule is C=CC(=O)N1CCC(c2c(-c3cnn(C4CCNCC4)c3)c3c(N)ncnc3n2C)C1. The zero-order valence-electron chi connectivity index (χ0n) is 17.8. The molecule has 1 atom stereocenters. The maximum Gasteiger partial charge on any atom is 0.245 e. The summed E-state index contributed by atoms with van der Waals surface area (Å²) < 4.78 is 4.19. The van der Waals surface area contributed by atoms with Crippen LogP contribution in [0.5, 0.6) is 0 Å². The number of fused-ring (bicyclic) bond motifs is 1. The molecule has 3 aromatic rings. The number of likely N-dealkylation sites (tertiary alicyclic amines) is 1. The molecular weight excluding hydrogens is 392 g/mol. The summed E-state index contributed by atoms with van der Waals surface area (Å²) in [5.74, 6) is 0.620. The summed E-state index contributed by atoms with van der Waals surface area (Å²) in [6, 6.07) is 0.397. The molecule has 2 aliphatic rings. The second-order valence-corrected chi connectivity index (χ2v) is 8.44. The number of carbonyl (C=O) groups is 1. The van der Waals surface area contributed by atoms with Gasteiger partial charge in [0.15, 0.2) is 0 Å². The Morgan fingerprint density at radius 1 is 1.29 bits per heavy atom. The molecule has 0 bridgehead atoms. The first kappa shape index (κ1) is 19.7. The third kappa shape index (κ3) is 3.29. The van der Waals surface area contributed by atoms with E-state index in [0.29, 0.717) is 24.9 Å². The number of anilines is 1. The summed E-state index contributed by atoms with van der Waals surface area (Å²) in [7, 11) is 2.02. The van der Waals surface area contributed by atoms with Crippen LogP contribution in [-0.4, -0.2) is 61.3 Å². The number of aromatic nitrogens is 5. The summed E-state index contributed by atoms with van der Waals surface area (Å²) in [4.78, 5) is 22.8. The van der Waals surface area contributed by atoms with Crippen molar-refractivity contribution in [1.82, 2.24) is 34.5 Å². The van der Waals surface area contributed by atoms with Crippen LogP contribution in [0.4, 0.5) is 5.82 Å². The van der Waals surface area contributed by atoms with Crippen LogP contribution in [0.3, 0.4) is 0 Å². The normalized spacial score (nSPS) is 19.9. The van der Waals surface area contributed by atoms with Crippen LogP contribution in [0.25, 0.3) is 22.2 Å². The Balaban J connectivity index is 1.62. The Hall–Kier alpha value is -3.20. The van der Waals surface area contributed by atoms with E-state index >= 15 is 0 Å². The van der Waals surface area contributed by atoms with Crippen molar-refractivity contribution in [3.05, 3.63) is 37.1 Å². The van der Waals surface area contributed by atoms with Gasteiger partial charge in [0, 0.05) is 49.1 Å². The molecule has 5 heterocycles. The van der Waals surface area contributed by atoms with Crippen molar-refractivity contribution < 1.29 is 4.79 Å². The third-order valence-electron chi connectivity index (χ3n) is 6.68. The van der Waals surface area contributed by atoms with E-state index < -0.39 is 0 Å². The van der Waals surface area contributed by atoms with Crippen molar-refractivity contribution in [2.24, 2.45) is 7.05 Å². The van der Waals surface area contributed by atoms with Crippen LogP contribution in [0, 0.1) is 0 Å². The van der Waals surface area contributed by atoms with Crippen LogP contribution >= 0.6 is 0 Å². The lowest BCUT2D eigenvalue weighted by molar-refractivity contribution is -0.125. The maximum atomic E-state index is 12.2. The van der Waals surface area contributed by atoms with E-state index in [0.717, 1.165) is 60.2 Å². The molecule has 1 amide bonds. The minimum atomic E-state index is -0.0270. The van der Waals surface area contributed by atoms with Gasteiger partial charge in [-0.25, -0.2) is 9.97 Å². The molecule has 5 rings (SSSR count). The van der Waals surface area contributed by atoms with E-state index in [4.69, 9.17) is 10.8 Å². The molecule has 1 unspecified atom stereocenters. The van der Waals surface area contributed by atoms with Crippen molar-refractivity contribution in [3.63, 3.8) is 0 Å². The van der Waals surface area contributed by atoms with Gasteiger partial charge < -0.3 is 20.5 Å². The fourth-order valence-corrected chi connectivity index (χ4v) is 5.11. The van der Waals surface area contributed by atoms with E-state index in [-0.39, 0.29) is 11.8 Å². The molecule has 2 aliphatic heterocycles. The van der Waals surface area contributed by atoms with Gasteiger partial charge in [-0.1, -0.05) is 6.58 Å². The number of piperidine rings is 1. The summed E-state index contributed by atoms with van der Waals surface area (Å²) in [6.45, 7) is 7.02. The van der Waals surface area contributed by atoms with Gasteiger partial charge in [0.2, 0.25) is 5.91 Å². The number of amides is 1. The molecule has 2 saturated heterocycles. The van der Waals surface area contributed by atoms with Gasteiger partial charge in [0.25, 0.3) is 0 Å². The van der Waals surface area contributed by atoms with E-state index in [1.807, 2.05) is 18.1 Å². The molecule has 0 aliphatic carbocycles. The quantitative estimate of drug-likeness (QED) is 0.624. The van der Waals surface area contributed by atoms with Crippen molar-refractivity contribution in [3.8, 4) is 11.1 Å². The number of hydrogen-bond donors (Lipinski definition) is 2. The summed E-state index contributed by atoms with van der Waals surface area (Å²) in [5.41, 5.74) is 10.3. The minimum absolute atomic E-state index is 0.0270. The molecule has 0 spiro atoms. The predicted octanol–water partition coefficient (Wildman–Crippen LogP) is 1.84. The lowest BCUT2D eigenvalue weighted by atomic mass is 9.96. The first-order valence-electron chi connectivity index (χ1n) is 10.8. The molecule has 3 aromatic heterocycles. The van der Waals surface area contributed by atoms with Crippen molar-refractivity contribution in [1.29, 1.82) is 0 Å². The minimum Gasteiger partial charge on any atom is -0.383 e. The highest BCUT2D eigenvalue weighted by molar-refractivity contribution is 6.02. The second-order valence-electron chi connectivity index (χ2n) is 8.44. The molecule has 2 fully saturated rings. The molecule has 9 heteroatoms. The van der Waals surface area contributed by atoms with E-state index in [9.17, 15) is 4.79 Å². The van der Waals surface area contributed by atoms with Gasteiger partial charge in [-0.05, 0) is 38.4 Å². The maximum absolute atomic E-state index is 12.2. The van der Waals surface area contributed by atoms with Gasteiger partial charge in [0.1, 0.15) is 17.8 Å². The molecule has 0 saturated carbocycles. The number of aryl methyl sites for hydroxylation is 1. The van der Waals surface area contributed by atoms with Crippen molar-refractivity contribution in [2.45, 2.75) is 31.2 Å². The average Bonchev–Trinajstić information content (AvgIpc) is 3.52. The standard InChI is InChI=1S/C22H28N8O/c1-3-17(31)29-9-6-14(11-29)20-18(19-21(23)25-13-26-22(19)28(20)2)15-10-27-30(12-15)16-4-7-24-8-5-16/h3,10,12-14,16,24H,1,4-9,11H2,2H3,(H2,23,25,26). The Kier molecular flexibility index (Phi) is 4.97. The van der Waals surface area contributed by atoms with Crippen LogP contribution in [-0.2, 0) is 11.8 Å². The number of nitrogen functional groups attached to an aromatic ring is 1. The first-order chi connectivity index (χ1) is 15.1. The zero-order valence-corrected chi connectivity index (χ0v) is 17.8. The number of nitrogens with zero attached hydrogens (tertiary/aromatic N) is 6. The molecule has 9 nitrogen and oxygen atoms in total. The lowest BCUT2D eigenvalue weighted by Crippen LogP contribution is -2.29. The monoisotopic (exact) mass is 420 g/mol. The number of nitrogens with two attached hydrogens (primary N) is 1. The fraction of sp³-hybridized carbons (Fsp3) is 0.455. The Morgan fingerprint density at radius 3 is 2.87 bits per heavy atom. The molecule has 0 aromatic carbocycles. The first-order valence-corrected chi connectivity index (χ1v) is 10.8. The van der Waals surface area contributed by atoms with E-state index in [2.05, 4.69) is 37.3 Å². The highest BCUT2D eigenvalue weighted by Crippen LogP contribution is 2.42. The smallest absolute Gasteiger partial charge is 0.245 e. The summed E-state index contributed by atoms with van der Waals surface area (Å²) in [6.07, 6.45) is 9.96. The number of hydrogen-bond acceptors (Lipinski definition) is 6. The number of carbonyl (C=O) groups excluding carboxylic acids is 1. The number of rotatable bonds is 4. The molecular formula is C22H28N8O. The van der Waals surface area contributed by atoms with Crippen molar-refractivity contribution in [2.75, 3.05) is 31.9 Å². The van der Waals surface area contributed by atoms with Gasteiger partial charge in [-0.3, -0.25) is 9.48 Å². The third-order valence-corrected chi connectivity index (χ3v) is 6.68. The lowest BCUT2D eigenvalue weighted by Gasteiger charge is -2.22. The highest BCUT2D eigenvalue weighted by atomic mass is 16.2. The van der Waals surface area contributed by atoms with Crippen LogP contribution < -0.4 is 11.1 Å². The fourth-order valence-electron chi connectivity index (χ4n) is 5.11. The van der Waals surface area contributed by atoms with Gasteiger partial charge in [-0.15, -0.1) is 0 Å². The Morgan fingerprint density at radius 2 is 2.10 bits per heavy atom. The zero-order chi connectivity index (χ0) is 21.5. The van der Waals surface area contributed by atoms with Crippen LogP contribution in [0.1, 0.15) is 36.9 Å². The molecule has 31 heavy (non-hydrogen) atoms. The van der Waals surface area contributed by atoms with Crippen LogP contribution in [0.15, 0.2) is 31.4 Å². The second kappa shape index (κ2) is 7.81. The molecule has 0 radical (unpaired) electrons. The van der Waals surface area contributed by atoms with Crippen LogP contribution in [0.2, 0.25) is 0 Å². The molecule has 162 valence electrons. The summed E-state index contributed by atoms with van der Waals surface area (Å²) >= 11 is 0. The Labute approximate surface area is 180 Å². The average molecular weight is 421 g/mol. The predicted molar refractivity (Wildman–Crippen MR) is 119 cm³/mol. The van der Waals surface area contributed by atoms with E-state index in [1.165, 1.54) is 12.4 Å². The number of nitrogens with one attached hydrogen (secondary N) is 1. The van der Waals surface area contributed by atoms with E-state index in [1.54, 1.807) is 0 Å². The van der Waals surface area contributed by atoms with Gasteiger partial charge in [-0.2, -0.15) is 5.10 Å². The molecule has 3 N–H and O–H groups in total. The topological polar surface area (TPSA) is 107 Å². The summed E-state index contributed by atoms with van der Waals surface area (Å²) in [5, 5.41) is 8.97. The van der Waals surface area contributed by atoms with Gasteiger partial charge in [0.05, 0.1) is 17.6 Å². The largest absolute Gasteiger partial charge is 0.383 e.